The van der Waals surface area contributed by atoms with E-state index in [0.717, 1.165) is 0 Å². The fourth-order valence-corrected chi connectivity index (χ4v) is 2.43. The Morgan fingerprint density at radius 2 is 2.16 bits per heavy atom. The normalized spacial score (nSPS) is 14.8. The minimum atomic E-state index is -0.369. The third kappa shape index (κ3) is 3.59. The molecule has 1 aromatic heterocycles. The molecule has 0 radical (unpaired) electrons. The number of amides is 2. The lowest BCUT2D eigenvalue weighted by atomic mass is 10.1. The highest BCUT2D eigenvalue weighted by molar-refractivity contribution is 6.10. The first kappa shape index (κ1) is 16.5. The van der Waals surface area contributed by atoms with Gasteiger partial charge in [0.2, 0.25) is 5.91 Å². The van der Waals surface area contributed by atoms with Crippen LogP contribution in [0.3, 0.4) is 0 Å². The van der Waals surface area contributed by atoms with E-state index in [-0.39, 0.29) is 30.5 Å². The number of carbonyl (C=O) groups excluding carboxylic acids is 2. The van der Waals surface area contributed by atoms with Crippen LogP contribution in [0.1, 0.15) is 12.1 Å². The van der Waals surface area contributed by atoms with Crippen LogP contribution in [-0.4, -0.2) is 23.3 Å². The van der Waals surface area contributed by atoms with E-state index in [4.69, 9.17) is 16.3 Å². The number of anilines is 2. The molecule has 0 atom stereocenters. The summed E-state index contributed by atoms with van der Waals surface area (Å²) < 4.78 is 5.72. The van der Waals surface area contributed by atoms with Crippen molar-refractivity contribution in [3.8, 4) is 5.75 Å². The number of nitrogen functional groups attached to an aromatic ring is 1. The predicted octanol–water partition coefficient (Wildman–Crippen LogP) is 0.810. The summed E-state index contributed by atoms with van der Waals surface area (Å²) in [5, 5.41) is 0. The maximum absolute atomic E-state index is 12.8. The average molecular weight is 339 g/mol. The van der Waals surface area contributed by atoms with E-state index in [0.29, 0.717) is 22.8 Å². The molecule has 2 aromatic rings. The maximum Gasteiger partial charge on any atom is 0.294 e. The van der Waals surface area contributed by atoms with E-state index >= 15 is 0 Å². The summed E-state index contributed by atoms with van der Waals surface area (Å²) in [6.45, 7) is 0.154. The van der Waals surface area contributed by atoms with Crippen LogP contribution in [0.2, 0.25) is 0 Å². The minimum absolute atomic E-state index is 0.0585. The highest BCUT2D eigenvalue weighted by atomic mass is 16.5. The number of nitrogens with two attached hydrogens (primary N) is 2. The lowest BCUT2D eigenvalue weighted by Crippen LogP contribution is -2.40. The van der Waals surface area contributed by atoms with Gasteiger partial charge in [-0.25, -0.2) is 5.84 Å². The van der Waals surface area contributed by atoms with Crippen molar-refractivity contribution >= 4 is 29.3 Å². The number of rotatable bonds is 4. The zero-order valence-corrected chi connectivity index (χ0v) is 13.3. The fourth-order valence-electron chi connectivity index (χ4n) is 2.43. The Morgan fingerprint density at radius 3 is 2.88 bits per heavy atom. The molecule has 0 spiro atoms. The van der Waals surface area contributed by atoms with Gasteiger partial charge < -0.3 is 15.4 Å². The zero-order valence-electron chi connectivity index (χ0n) is 13.3. The number of aromatic nitrogens is 1. The summed E-state index contributed by atoms with van der Waals surface area (Å²) in [4.78, 5) is 29.9. The van der Waals surface area contributed by atoms with Crippen molar-refractivity contribution in [2.45, 2.75) is 6.42 Å². The smallest absolute Gasteiger partial charge is 0.294 e. The Kier molecular flexibility index (Phi) is 4.62. The Labute approximate surface area is 144 Å². The third-order valence-corrected chi connectivity index (χ3v) is 3.64. The molecule has 0 fully saturated rings. The molecular weight excluding hydrogens is 322 g/mol. The predicted molar refractivity (Wildman–Crippen MR) is 93.0 cm³/mol. The number of ether oxygens (including phenoxy) is 1. The lowest BCUT2D eigenvalue weighted by molar-refractivity contribution is -0.121. The van der Waals surface area contributed by atoms with Gasteiger partial charge in [-0.1, -0.05) is 6.07 Å². The van der Waals surface area contributed by atoms with Crippen LogP contribution in [0.4, 0.5) is 11.4 Å². The minimum Gasteiger partial charge on any atom is -0.449 e. The highest BCUT2D eigenvalue weighted by Gasteiger charge is 2.30. The lowest BCUT2D eigenvalue weighted by Gasteiger charge is -2.30. The quantitative estimate of drug-likeness (QED) is 0.249. The first-order valence-corrected chi connectivity index (χ1v) is 7.60. The van der Waals surface area contributed by atoms with E-state index < -0.39 is 0 Å². The van der Waals surface area contributed by atoms with Gasteiger partial charge in [-0.3, -0.25) is 20.0 Å². The molecule has 0 bridgehead atoms. The Balaban J connectivity index is 1.97. The maximum atomic E-state index is 12.8. The molecule has 128 valence electrons. The SMILES string of the molecule is NNC(=O)CCN1C(=O)/C(=C\c2ccccn2)Oc2cc(N)ccc21. The van der Waals surface area contributed by atoms with E-state index in [9.17, 15) is 9.59 Å². The van der Waals surface area contributed by atoms with Crippen molar-refractivity contribution in [2.75, 3.05) is 17.2 Å². The van der Waals surface area contributed by atoms with E-state index in [1.807, 2.05) is 6.07 Å². The van der Waals surface area contributed by atoms with Crippen LogP contribution in [-0.2, 0) is 9.59 Å². The van der Waals surface area contributed by atoms with Gasteiger partial charge in [0.15, 0.2) is 11.5 Å². The van der Waals surface area contributed by atoms with E-state index in [1.165, 1.54) is 4.90 Å². The zero-order chi connectivity index (χ0) is 17.8. The summed E-state index contributed by atoms with van der Waals surface area (Å²) in [7, 11) is 0. The number of nitrogens with zero attached hydrogens (tertiary/aromatic N) is 2. The molecule has 2 amide bonds. The molecule has 0 aliphatic carbocycles. The largest absolute Gasteiger partial charge is 0.449 e. The molecule has 2 heterocycles. The molecule has 5 N–H and O–H groups in total. The topological polar surface area (TPSA) is 124 Å². The molecule has 0 saturated carbocycles. The molecule has 0 unspecified atom stereocenters. The number of benzene rings is 1. The monoisotopic (exact) mass is 339 g/mol. The number of hydrogen-bond acceptors (Lipinski definition) is 6. The molecule has 1 aliphatic heterocycles. The molecule has 1 aliphatic rings. The van der Waals surface area contributed by atoms with Gasteiger partial charge >= 0.3 is 0 Å². The van der Waals surface area contributed by atoms with Crippen LogP contribution >= 0.6 is 0 Å². The number of hydrogen-bond donors (Lipinski definition) is 3. The van der Waals surface area contributed by atoms with Crippen molar-refractivity contribution in [1.82, 2.24) is 10.4 Å². The molecule has 1 aromatic carbocycles. The van der Waals surface area contributed by atoms with Crippen LogP contribution in [0.15, 0.2) is 48.4 Å². The van der Waals surface area contributed by atoms with Crippen molar-refractivity contribution < 1.29 is 14.3 Å². The number of carbonyl (C=O) groups is 2. The molecule has 25 heavy (non-hydrogen) atoms. The summed E-state index contributed by atoms with van der Waals surface area (Å²) in [6.07, 6.45) is 3.22. The van der Waals surface area contributed by atoms with Crippen molar-refractivity contribution in [3.63, 3.8) is 0 Å². The van der Waals surface area contributed by atoms with Crippen molar-refractivity contribution in [3.05, 3.63) is 54.0 Å². The van der Waals surface area contributed by atoms with Gasteiger partial charge in [-0.15, -0.1) is 0 Å². The standard InChI is InChI=1S/C17H17N5O3/c18-11-4-5-13-14(9-11)25-15(10-12-3-1-2-7-20-12)17(24)22(13)8-6-16(23)21-19/h1-5,7,9-10H,6,8,18-19H2,(H,21,23)/b15-10+. The average Bonchev–Trinajstić information content (AvgIpc) is 2.62. The van der Waals surface area contributed by atoms with Gasteiger partial charge in [0.05, 0.1) is 11.4 Å². The summed E-state index contributed by atoms with van der Waals surface area (Å²) in [6, 6.07) is 10.3. The molecule has 8 nitrogen and oxygen atoms in total. The van der Waals surface area contributed by atoms with Crippen LogP contribution < -0.4 is 26.6 Å². The summed E-state index contributed by atoms with van der Waals surface area (Å²) >= 11 is 0. The Hall–Kier alpha value is -3.39. The van der Waals surface area contributed by atoms with Gasteiger partial charge in [0.1, 0.15) is 0 Å². The second-order valence-corrected chi connectivity index (χ2v) is 5.37. The van der Waals surface area contributed by atoms with Gasteiger partial charge in [-0.05, 0) is 24.3 Å². The summed E-state index contributed by atoms with van der Waals surface area (Å²) in [5.41, 5.74) is 9.49. The van der Waals surface area contributed by atoms with Crippen LogP contribution in [0.5, 0.6) is 5.75 Å². The third-order valence-electron chi connectivity index (χ3n) is 3.64. The number of fused-ring (bicyclic) bond motifs is 1. The van der Waals surface area contributed by atoms with Crippen molar-refractivity contribution in [2.24, 2.45) is 5.84 Å². The first-order valence-electron chi connectivity index (χ1n) is 7.60. The van der Waals surface area contributed by atoms with Gasteiger partial charge in [-0.2, -0.15) is 0 Å². The molecule has 0 saturated heterocycles. The molecular formula is C17H17N5O3. The van der Waals surface area contributed by atoms with Crippen LogP contribution in [0, 0.1) is 0 Å². The van der Waals surface area contributed by atoms with Crippen LogP contribution in [0.25, 0.3) is 6.08 Å². The number of hydrazine groups is 1. The van der Waals surface area contributed by atoms with Gasteiger partial charge in [0.25, 0.3) is 5.91 Å². The first-order chi connectivity index (χ1) is 12.1. The van der Waals surface area contributed by atoms with Crippen molar-refractivity contribution in [1.29, 1.82) is 0 Å². The fraction of sp³-hybridized carbons (Fsp3) is 0.118. The van der Waals surface area contributed by atoms with E-state index in [2.05, 4.69) is 10.4 Å². The highest BCUT2D eigenvalue weighted by Crippen LogP contribution is 2.37. The Bertz CT molecular complexity index is 835. The molecule has 3 rings (SSSR count). The Morgan fingerprint density at radius 1 is 1.32 bits per heavy atom. The number of nitrogens with one attached hydrogen (secondary N) is 1. The van der Waals surface area contributed by atoms with E-state index in [1.54, 1.807) is 42.6 Å². The number of pyridine rings is 1. The second-order valence-electron chi connectivity index (χ2n) is 5.37. The second kappa shape index (κ2) is 7.02. The van der Waals surface area contributed by atoms with Gasteiger partial charge in [0, 0.05) is 37.0 Å². The molecule has 8 heteroatoms. The summed E-state index contributed by atoms with van der Waals surface area (Å²) in [5.74, 6) is 4.91.